The Morgan fingerprint density at radius 3 is 2.65 bits per heavy atom. The molecule has 0 fully saturated rings. The molecule has 132 valence electrons. The number of anilines is 1. The Balaban J connectivity index is 1.81. The monoisotopic (exact) mass is 375 g/mol. The number of tetrazole rings is 1. The average molecular weight is 376 g/mol. The maximum atomic E-state index is 12.8. The highest BCUT2D eigenvalue weighted by Crippen LogP contribution is 2.36. The number of benzene rings is 2. The van der Waals surface area contributed by atoms with Crippen LogP contribution in [0, 0.1) is 0 Å². The van der Waals surface area contributed by atoms with E-state index in [0.717, 1.165) is 11.3 Å². The highest BCUT2D eigenvalue weighted by molar-refractivity contribution is 6.30. The Hall–Kier alpha value is -3.00. The lowest BCUT2D eigenvalue weighted by molar-refractivity contribution is -0.0506. The number of nitrogens with one attached hydrogen (secondary N) is 1. The number of fused-ring (bicyclic) bond motifs is 1. The van der Waals surface area contributed by atoms with Crippen LogP contribution >= 0.6 is 11.6 Å². The number of alkyl halides is 2. The van der Waals surface area contributed by atoms with Crippen molar-refractivity contribution in [3.05, 3.63) is 70.8 Å². The van der Waals surface area contributed by atoms with E-state index in [0.29, 0.717) is 16.5 Å². The Morgan fingerprint density at radius 1 is 1.12 bits per heavy atom. The highest BCUT2D eigenvalue weighted by Gasteiger charge is 2.27. The summed E-state index contributed by atoms with van der Waals surface area (Å²) in [6.07, 6.45) is 1.85. The van der Waals surface area contributed by atoms with Gasteiger partial charge in [0, 0.05) is 16.3 Å². The number of allylic oxidation sites excluding steroid dienone is 1. The molecule has 1 atom stereocenters. The van der Waals surface area contributed by atoms with Gasteiger partial charge in [-0.1, -0.05) is 47.0 Å². The predicted molar refractivity (Wildman–Crippen MR) is 92.1 cm³/mol. The number of hydrogen-bond donors (Lipinski definition) is 1. The van der Waals surface area contributed by atoms with Gasteiger partial charge in [0.2, 0.25) is 5.95 Å². The van der Waals surface area contributed by atoms with Gasteiger partial charge >= 0.3 is 6.61 Å². The fourth-order valence-electron chi connectivity index (χ4n) is 2.80. The molecule has 0 saturated heterocycles. The standard InChI is InChI=1S/C17H12ClF2N5O/c18-11-7-5-10(6-8-11)13-9-14(25-17(21-13)22-23-24-25)12-3-1-2-4-15(12)26-16(19)20/h1-9,14,16H,(H,21,22,24)/t14-/m1/s1. The number of rotatable bonds is 4. The Labute approximate surface area is 152 Å². The molecule has 0 amide bonds. The molecule has 0 saturated carbocycles. The topological polar surface area (TPSA) is 64.9 Å². The summed E-state index contributed by atoms with van der Waals surface area (Å²) in [5, 5.41) is 15.3. The van der Waals surface area contributed by atoms with Crippen molar-refractivity contribution in [2.45, 2.75) is 12.7 Å². The largest absolute Gasteiger partial charge is 0.434 e. The van der Waals surface area contributed by atoms with Crippen LogP contribution in [0.1, 0.15) is 17.2 Å². The van der Waals surface area contributed by atoms with Crippen LogP contribution in [0.15, 0.2) is 54.6 Å². The summed E-state index contributed by atoms with van der Waals surface area (Å²) in [5.74, 6) is 0.469. The predicted octanol–water partition coefficient (Wildman–Crippen LogP) is 3.98. The van der Waals surface area contributed by atoms with Crippen molar-refractivity contribution in [3.63, 3.8) is 0 Å². The minimum Gasteiger partial charge on any atom is -0.434 e. The molecule has 1 aliphatic heterocycles. The fraction of sp³-hybridized carbons (Fsp3) is 0.118. The van der Waals surface area contributed by atoms with Gasteiger partial charge in [-0.05, 0) is 40.3 Å². The molecular weight excluding hydrogens is 364 g/mol. The van der Waals surface area contributed by atoms with Crippen LogP contribution in [0.5, 0.6) is 5.75 Å². The highest BCUT2D eigenvalue weighted by atomic mass is 35.5. The zero-order chi connectivity index (χ0) is 18.1. The third kappa shape index (κ3) is 3.11. The Bertz CT molecular complexity index is 958. The van der Waals surface area contributed by atoms with E-state index in [-0.39, 0.29) is 5.75 Å². The maximum absolute atomic E-state index is 12.8. The maximum Gasteiger partial charge on any atom is 0.387 e. The number of nitrogens with zero attached hydrogens (tertiary/aromatic N) is 4. The van der Waals surface area contributed by atoms with E-state index in [9.17, 15) is 8.78 Å². The van der Waals surface area contributed by atoms with Crippen molar-refractivity contribution in [1.29, 1.82) is 0 Å². The molecule has 2 aromatic carbocycles. The van der Waals surface area contributed by atoms with Crippen molar-refractivity contribution >= 4 is 23.2 Å². The number of halogens is 3. The van der Waals surface area contributed by atoms with E-state index in [4.69, 9.17) is 11.6 Å². The van der Waals surface area contributed by atoms with Gasteiger partial charge in [-0.3, -0.25) is 0 Å². The van der Waals surface area contributed by atoms with Crippen LogP contribution < -0.4 is 10.1 Å². The second-order valence-electron chi connectivity index (χ2n) is 5.52. The zero-order valence-corrected chi connectivity index (χ0v) is 13.9. The van der Waals surface area contributed by atoms with Gasteiger partial charge in [-0.25, -0.2) is 0 Å². The van der Waals surface area contributed by atoms with E-state index in [1.165, 1.54) is 10.7 Å². The number of para-hydroxylation sites is 1. The second kappa shape index (κ2) is 6.72. The summed E-state index contributed by atoms with van der Waals surface area (Å²) in [5.41, 5.74) is 2.12. The molecule has 4 rings (SSSR count). The molecule has 6 nitrogen and oxygen atoms in total. The van der Waals surface area contributed by atoms with Gasteiger partial charge in [-0.2, -0.15) is 13.5 Å². The number of hydrogen-bond acceptors (Lipinski definition) is 5. The van der Waals surface area contributed by atoms with Crippen LogP contribution in [-0.2, 0) is 0 Å². The van der Waals surface area contributed by atoms with E-state index in [1.807, 2.05) is 18.2 Å². The molecule has 1 aliphatic rings. The van der Waals surface area contributed by atoms with Gasteiger partial charge in [0.15, 0.2) is 0 Å². The van der Waals surface area contributed by atoms with Crippen molar-refractivity contribution in [3.8, 4) is 5.75 Å². The minimum atomic E-state index is -2.93. The smallest absolute Gasteiger partial charge is 0.387 e. The molecule has 3 aromatic rings. The average Bonchev–Trinajstić information content (AvgIpc) is 3.10. The molecule has 0 aliphatic carbocycles. The molecular formula is C17H12ClF2N5O. The molecule has 0 radical (unpaired) electrons. The third-order valence-electron chi connectivity index (χ3n) is 3.94. The van der Waals surface area contributed by atoms with Crippen LogP contribution in [0.25, 0.3) is 5.70 Å². The first kappa shape index (κ1) is 16.5. The van der Waals surface area contributed by atoms with Crippen LogP contribution in [-0.4, -0.2) is 26.8 Å². The molecule has 1 N–H and O–H groups in total. The van der Waals surface area contributed by atoms with Crippen LogP contribution in [0.4, 0.5) is 14.7 Å². The molecule has 0 unspecified atom stereocenters. The quantitative estimate of drug-likeness (QED) is 0.747. The van der Waals surface area contributed by atoms with Gasteiger partial charge in [0.05, 0.1) is 0 Å². The third-order valence-corrected chi connectivity index (χ3v) is 4.19. The summed E-state index contributed by atoms with van der Waals surface area (Å²) in [6.45, 7) is -2.93. The summed E-state index contributed by atoms with van der Waals surface area (Å²) >= 11 is 5.94. The normalized spacial score (nSPS) is 16.0. The van der Waals surface area contributed by atoms with E-state index < -0.39 is 12.7 Å². The summed E-state index contributed by atoms with van der Waals surface area (Å²) in [7, 11) is 0. The summed E-state index contributed by atoms with van der Waals surface area (Å²) < 4.78 is 31.7. The van der Waals surface area contributed by atoms with Crippen LogP contribution in [0.3, 0.4) is 0 Å². The molecule has 0 bridgehead atoms. The van der Waals surface area contributed by atoms with Crippen molar-refractivity contribution in [2.24, 2.45) is 0 Å². The molecule has 2 heterocycles. The lowest BCUT2D eigenvalue weighted by Gasteiger charge is -2.24. The van der Waals surface area contributed by atoms with E-state index in [1.54, 1.807) is 30.3 Å². The van der Waals surface area contributed by atoms with Gasteiger partial charge in [-0.15, -0.1) is 0 Å². The SMILES string of the molecule is FC(F)Oc1ccccc1[C@H]1C=C(c2ccc(Cl)cc2)Nc2nnnn21. The Kier molecular flexibility index (Phi) is 4.26. The molecule has 1 aromatic heterocycles. The first-order valence-electron chi connectivity index (χ1n) is 7.68. The van der Waals surface area contributed by atoms with Crippen molar-refractivity contribution in [2.75, 3.05) is 5.32 Å². The fourth-order valence-corrected chi connectivity index (χ4v) is 2.93. The molecule has 26 heavy (non-hydrogen) atoms. The second-order valence-corrected chi connectivity index (χ2v) is 5.96. The molecule has 0 spiro atoms. The number of aromatic nitrogens is 4. The minimum absolute atomic E-state index is 0.0718. The van der Waals surface area contributed by atoms with Crippen LogP contribution in [0.2, 0.25) is 5.02 Å². The zero-order valence-electron chi connectivity index (χ0n) is 13.2. The van der Waals surface area contributed by atoms with Gasteiger partial charge < -0.3 is 10.1 Å². The van der Waals surface area contributed by atoms with Crippen molar-refractivity contribution < 1.29 is 13.5 Å². The van der Waals surface area contributed by atoms with E-state index >= 15 is 0 Å². The summed E-state index contributed by atoms with van der Waals surface area (Å²) in [4.78, 5) is 0. The van der Waals surface area contributed by atoms with Crippen molar-refractivity contribution in [1.82, 2.24) is 20.2 Å². The molecule has 9 heteroatoms. The van der Waals surface area contributed by atoms with E-state index in [2.05, 4.69) is 25.6 Å². The number of ether oxygens (including phenoxy) is 1. The lowest BCUT2D eigenvalue weighted by Crippen LogP contribution is -2.21. The first-order chi connectivity index (χ1) is 12.6. The lowest BCUT2D eigenvalue weighted by atomic mass is 10.0. The van der Waals surface area contributed by atoms with Gasteiger partial charge in [0.1, 0.15) is 11.8 Å². The Morgan fingerprint density at radius 2 is 1.88 bits per heavy atom. The summed E-state index contributed by atoms with van der Waals surface area (Å²) in [6, 6.07) is 13.3. The van der Waals surface area contributed by atoms with Gasteiger partial charge in [0.25, 0.3) is 0 Å². The first-order valence-corrected chi connectivity index (χ1v) is 8.06.